The summed E-state index contributed by atoms with van der Waals surface area (Å²) in [4.78, 5) is 0. The highest BCUT2D eigenvalue weighted by atomic mass is 32.2. The summed E-state index contributed by atoms with van der Waals surface area (Å²) in [6, 6.07) is 0. The standard InChI is InChI=1S/C10H24NO3.C2F6O2S/c1-11(2,5-7-12-3)6-8-14-10-9-13-4;3-1(4,5)11(9,10)2(6,7)8/h5-10H2,1-4H3;/q+1;. The van der Waals surface area contributed by atoms with Crippen LogP contribution in [0.2, 0.25) is 0 Å². The quantitative estimate of drug-likeness (QED) is 0.331. The normalized spacial score (nSPS) is 13.4. The summed E-state index contributed by atoms with van der Waals surface area (Å²) in [6.07, 6.45) is 0. The molecule has 0 fully saturated rings. The Morgan fingerprint density at radius 1 is 0.760 bits per heavy atom. The van der Waals surface area contributed by atoms with Gasteiger partial charge in [0.1, 0.15) is 13.1 Å². The Hall–Kier alpha value is -0.630. The van der Waals surface area contributed by atoms with Gasteiger partial charge < -0.3 is 18.7 Å². The number of halogens is 6. The van der Waals surface area contributed by atoms with E-state index in [0.29, 0.717) is 13.2 Å². The van der Waals surface area contributed by atoms with E-state index in [1.165, 1.54) is 0 Å². The number of hydrogen-bond donors (Lipinski definition) is 0. The number of hydrogen-bond acceptors (Lipinski definition) is 5. The minimum Gasteiger partial charge on any atom is -0.382 e. The first-order valence-electron chi connectivity index (χ1n) is 6.87. The summed E-state index contributed by atoms with van der Waals surface area (Å²) in [5.74, 6) is 0. The minimum absolute atomic E-state index is 0.672. The summed E-state index contributed by atoms with van der Waals surface area (Å²) in [6.45, 7) is 4.95. The zero-order valence-corrected chi connectivity index (χ0v) is 15.2. The van der Waals surface area contributed by atoms with Gasteiger partial charge in [0.2, 0.25) is 0 Å². The third-order valence-corrected chi connectivity index (χ3v) is 4.00. The van der Waals surface area contributed by atoms with Crippen LogP contribution in [0.15, 0.2) is 0 Å². The van der Waals surface area contributed by atoms with Crippen molar-refractivity contribution in [2.24, 2.45) is 0 Å². The number of rotatable bonds is 9. The molecular weight excluding hydrogens is 384 g/mol. The molecule has 0 amide bonds. The molecule has 0 aliphatic carbocycles. The van der Waals surface area contributed by atoms with Crippen LogP contribution >= 0.6 is 0 Å². The number of ether oxygens (including phenoxy) is 3. The molecule has 13 heteroatoms. The molecule has 0 rings (SSSR count). The van der Waals surface area contributed by atoms with Crippen LogP contribution in [0.5, 0.6) is 0 Å². The van der Waals surface area contributed by atoms with E-state index >= 15 is 0 Å². The zero-order valence-electron chi connectivity index (χ0n) is 14.4. The lowest BCUT2D eigenvalue weighted by Crippen LogP contribution is -2.44. The van der Waals surface area contributed by atoms with E-state index in [4.69, 9.17) is 14.2 Å². The van der Waals surface area contributed by atoms with Crippen molar-refractivity contribution in [1.29, 1.82) is 0 Å². The predicted octanol–water partition coefficient (Wildman–Crippen LogP) is 1.81. The van der Waals surface area contributed by atoms with Crippen LogP contribution in [-0.2, 0) is 24.0 Å². The lowest BCUT2D eigenvalue weighted by atomic mass is 10.4. The van der Waals surface area contributed by atoms with Crippen molar-refractivity contribution in [2.45, 2.75) is 11.0 Å². The van der Waals surface area contributed by atoms with Gasteiger partial charge in [-0.1, -0.05) is 0 Å². The fourth-order valence-corrected chi connectivity index (χ4v) is 1.40. The number of sulfone groups is 1. The maximum absolute atomic E-state index is 11.0. The Morgan fingerprint density at radius 3 is 1.48 bits per heavy atom. The SMILES string of the molecule is COCCOCC[N+](C)(C)CCOC.O=S(=O)(C(F)(F)F)C(F)(F)F. The molecule has 0 saturated heterocycles. The van der Waals surface area contributed by atoms with Crippen LogP contribution in [0.25, 0.3) is 0 Å². The van der Waals surface area contributed by atoms with Crippen molar-refractivity contribution >= 4 is 9.84 Å². The maximum atomic E-state index is 11.0. The molecule has 0 unspecified atom stereocenters. The zero-order chi connectivity index (χ0) is 20.4. The van der Waals surface area contributed by atoms with Crippen molar-refractivity contribution in [3.8, 4) is 0 Å². The Labute approximate surface area is 143 Å². The van der Waals surface area contributed by atoms with Gasteiger partial charge in [0.05, 0.1) is 40.5 Å². The van der Waals surface area contributed by atoms with Crippen LogP contribution in [-0.4, -0.2) is 91.7 Å². The van der Waals surface area contributed by atoms with Crippen LogP contribution < -0.4 is 0 Å². The molecule has 0 aliphatic heterocycles. The summed E-state index contributed by atoms with van der Waals surface area (Å²) in [5.41, 5.74) is -12.5. The molecule has 0 aliphatic rings. The fourth-order valence-electron chi connectivity index (χ4n) is 1.14. The van der Waals surface area contributed by atoms with Crippen LogP contribution in [0.4, 0.5) is 26.3 Å². The maximum Gasteiger partial charge on any atom is 0.506 e. The second kappa shape index (κ2) is 11.2. The summed E-state index contributed by atoms with van der Waals surface area (Å²) < 4.78 is 101. The van der Waals surface area contributed by atoms with Gasteiger partial charge in [-0.2, -0.15) is 26.3 Å². The van der Waals surface area contributed by atoms with E-state index < -0.39 is 20.9 Å². The summed E-state index contributed by atoms with van der Waals surface area (Å²) in [5, 5.41) is 0. The average Bonchev–Trinajstić information content (AvgIpc) is 2.43. The molecule has 0 saturated carbocycles. The van der Waals surface area contributed by atoms with Crippen LogP contribution in [0.3, 0.4) is 0 Å². The van der Waals surface area contributed by atoms with Crippen molar-refractivity contribution in [3.63, 3.8) is 0 Å². The summed E-state index contributed by atoms with van der Waals surface area (Å²) in [7, 11) is 0.758. The molecule has 25 heavy (non-hydrogen) atoms. The summed E-state index contributed by atoms with van der Waals surface area (Å²) >= 11 is 0. The topological polar surface area (TPSA) is 61.8 Å². The molecule has 0 aromatic carbocycles. The van der Waals surface area contributed by atoms with E-state index in [9.17, 15) is 34.8 Å². The first-order chi connectivity index (χ1) is 11.1. The van der Waals surface area contributed by atoms with E-state index in [2.05, 4.69) is 14.1 Å². The highest BCUT2D eigenvalue weighted by molar-refractivity contribution is 7.93. The number of quaternary nitrogens is 1. The molecule has 0 radical (unpaired) electrons. The minimum atomic E-state index is -7.01. The average molecular weight is 408 g/mol. The lowest BCUT2D eigenvalue weighted by molar-refractivity contribution is -0.891. The van der Waals surface area contributed by atoms with Gasteiger partial charge in [0.25, 0.3) is 0 Å². The van der Waals surface area contributed by atoms with Crippen molar-refractivity contribution in [1.82, 2.24) is 0 Å². The van der Waals surface area contributed by atoms with Gasteiger partial charge in [-0.05, 0) is 0 Å². The Morgan fingerprint density at radius 2 is 1.16 bits per heavy atom. The molecule has 0 N–H and O–H groups in total. The molecule has 0 bridgehead atoms. The molecule has 0 aromatic heterocycles. The van der Waals surface area contributed by atoms with Gasteiger partial charge >= 0.3 is 20.9 Å². The third kappa shape index (κ3) is 11.6. The third-order valence-electron chi connectivity index (χ3n) is 2.78. The Kier molecular flexibility index (Phi) is 11.9. The van der Waals surface area contributed by atoms with E-state index in [1.807, 2.05) is 0 Å². The van der Waals surface area contributed by atoms with E-state index in [-0.39, 0.29) is 0 Å². The van der Waals surface area contributed by atoms with Gasteiger partial charge in [-0.15, -0.1) is 0 Å². The van der Waals surface area contributed by atoms with Gasteiger partial charge in [-0.3, -0.25) is 0 Å². The molecular formula is C12H24F6NO5S+. The van der Waals surface area contributed by atoms with Crippen LogP contribution in [0, 0.1) is 0 Å². The fraction of sp³-hybridized carbons (Fsp3) is 1.00. The molecule has 0 heterocycles. The van der Waals surface area contributed by atoms with Crippen molar-refractivity contribution in [3.05, 3.63) is 0 Å². The Bertz CT molecular complexity index is 430. The highest BCUT2D eigenvalue weighted by Crippen LogP contribution is 2.36. The van der Waals surface area contributed by atoms with Crippen LogP contribution in [0.1, 0.15) is 0 Å². The number of likely N-dealkylation sites (N-methyl/N-ethyl adjacent to an activating group) is 1. The monoisotopic (exact) mass is 408 g/mol. The largest absolute Gasteiger partial charge is 0.506 e. The molecule has 0 spiro atoms. The second-order valence-corrected chi connectivity index (χ2v) is 7.31. The van der Waals surface area contributed by atoms with E-state index in [1.54, 1.807) is 14.2 Å². The van der Waals surface area contributed by atoms with E-state index in [0.717, 1.165) is 30.8 Å². The number of alkyl halides is 6. The molecule has 0 atom stereocenters. The van der Waals surface area contributed by atoms with Gasteiger partial charge in [0.15, 0.2) is 0 Å². The van der Waals surface area contributed by atoms with Crippen molar-refractivity contribution < 1.29 is 53.5 Å². The molecule has 0 aromatic rings. The second-order valence-electron chi connectivity index (χ2n) is 5.38. The first kappa shape index (κ1) is 26.6. The van der Waals surface area contributed by atoms with Gasteiger partial charge in [-0.25, -0.2) is 8.42 Å². The lowest BCUT2D eigenvalue weighted by Gasteiger charge is -2.29. The van der Waals surface area contributed by atoms with Crippen molar-refractivity contribution in [2.75, 3.05) is 67.8 Å². The number of methoxy groups -OCH3 is 2. The first-order valence-corrected chi connectivity index (χ1v) is 8.36. The predicted molar refractivity (Wildman–Crippen MR) is 77.4 cm³/mol. The molecule has 6 nitrogen and oxygen atoms in total. The number of nitrogens with zero attached hydrogens (tertiary/aromatic N) is 1. The van der Waals surface area contributed by atoms with Gasteiger partial charge in [0, 0.05) is 14.2 Å². The molecule has 154 valence electrons. The Balaban J connectivity index is 0. The highest BCUT2D eigenvalue weighted by Gasteiger charge is 2.63. The smallest absolute Gasteiger partial charge is 0.382 e.